The van der Waals surface area contributed by atoms with Gasteiger partial charge >= 0.3 is 59.1 Å². The average molecular weight is 111 g/mol. The van der Waals surface area contributed by atoms with Gasteiger partial charge < -0.3 is 8.06 Å². The van der Waals surface area contributed by atoms with Crippen molar-refractivity contribution in [2.75, 3.05) is 0 Å². The maximum Gasteiger partial charge on any atom is 1.00 e. The van der Waals surface area contributed by atoms with E-state index in [0.29, 0.717) is 0 Å². The van der Waals surface area contributed by atoms with Crippen LogP contribution in [0.4, 0.5) is 0 Å². The second-order valence-electron chi connectivity index (χ2n) is 0.238. The predicted molar refractivity (Wildman–Crippen MR) is 11.0 cm³/mol. The molecule has 0 unspecified atom stereocenters. The van der Waals surface area contributed by atoms with Gasteiger partial charge in [-0.3, -0.25) is 0 Å². The summed E-state index contributed by atoms with van der Waals surface area (Å²) in [6.45, 7) is 0. The van der Waals surface area contributed by atoms with Gasteiger partial charge in [0, 0.05) is 0 Å². The molecule has 1 N–H and O–H groups in total. The zero-order chi connectivity index (χ0) is 3.58. The molecule has 28 valence electrons. The summed E-state index contributed by atoms with van der Waals surface area (Å²) in [6, 6.07) is 0. The topological polar surface area (TPSA) is 63.4 Å². The Hall–Kier alpha value is 1.20. The third kappa shape index (κ3) is 63.7. The second-order valence-corrected chi connectivity index (χ2v) is 0.238. The molecule has 0 saturated carbocycles. The van der Waals surface area contributed by atoms with Gasteiger partial charge in [-0.2, -0.15) is 0 Å². The molecule has 6 heteroatoms. The molecule has 0 spiro atoms. The van der Waals surface area contributed by atoms with Crippen molar-refractivity contribution in [1.29, 1.82) is 0 Å². The van der Waals surface area contributed by atoms with E-state index in [-0.39, 0.29) is 62.0 Å². The van der Waals surface area contributed by atoms with E-state index in [9.17, 15) is 0 Å². The fourth-order valence-corrected chi connectivity index (χ4v) is 0. The molecule has 0 amide bonds. The van der Waals surface area contributed by atoms with Crippen molar-refractivity contribution >= 4 is 0 Å². The summed E-state index contributed by atoms with van der Waals surface area (Å²) in [7, 11) is 0. The van der Waals surface area contributed by atoms with Crippen LogP contribution in [0.2, 0.25) is 0 Å². The van der Waals surface area contributed by atoms with Crippen LogP contribution in [0, 0.1) is 10.1 Å². The summed E-state index contributed by atoms with van der Waals surface area (Å²) < 4.78 is 0. The third-order valence-electron chi connectivity index (χ3n) is 0. The summed E-state index contributed by atoms with van der Waals surface area (Å²) in [4.78, 5) is 8.36. The van der Waals surface area contributed by atoms with Gasteiger partial charge in [-0.05, 0) is 0 Å². The van der Waals surface area contributed by atoms with Gasteiger partial charge in [-0.1, -0.05) is 0 Å². The maximum absolute atomic E-state index is 8.36. The molecule has 0 saturated heterocycles. The summed E-state index contributed by atoms with van der Waals surface area (Å²) in [5.41, 5.74) is 0. The minimum Gasteiger partial charge on any atom is -1.00 e. The van der Waals surface area contributed by atoms with Gasteiger partial charge in [-0.15, -0.1) is 10.1 Å². The van der Waals surface area contributed by atoms with Crippen molar-refractivity contribution in [2.45, 2.75) is 0 Å². The van der Waals surface area contributed by atoms with Crippen LogP contribution < -0.4 is 59.1 Å². The predicted octanol–water partition coefficient (Wildman–Crippen LogP) is -6.11. The largest absolute Gasteiger partial charge is 1.00 e. The van der Waals surface area contributed by atoms with E-state index in [1.54, 1.807) is 0 Å². The first-order chi connectivity index (χ1) is 1.73. The van der Waals surface area contributed by atoms with Crippen molar-refractivity contribution in [3.8, 4) is 0 Å². The van der Waals surface area contributed by atoms with E-state index in [0.717, 1.165) is 0 Å². The van der Waals surface area contributed by atoms with E-state index >= 15 is 0 Å². The van der Waals surface area contributed by atoms with Gasteiger partial charge in [0.15, 0.2) is 0 Å². The fourth-order valence-electron chi connectivity index (χ4n) is 0. The minimum atomic E-state index is -1.50. The van der Waals surface area contributed by atoms with Crippen LogP contribution >= 0.6 is 0 Å². The summed E-state index contributed by atoms with van der Waals surface area (Å²) in [5.74, 6) is 0. The van der Waals surface area contributed by atoms with Crippen molar-refractivity contribution in [3.63, 3.8) is 0 Å². The molecule has 0 rings (SSSR count). The number of hydrogen-bond acceptors (Lipinski definition) is 2. The van der Waals surface area contributed by atoms with Gasteiger partial charge in [0.25, 0.3) is 5.09 Å². The van der Waals surface area contributed by atoms with Gasteiger partial charge in [0.05, 0.1) is 0 Å². The third-order valence-corrected chi connectivity index (χ3v) is 0. The Labute approximate surface area is 81.6 Å². The molecule has 0 aromatic heterocycles. The molecular weight excluding hydrogens is 108 g/mol. The van der Waals surface area contributed by atoms with E-state index in [1.807, 2.05) is 0 Å². The molecule has 6 heavy (non-hydrogen) atoms. The monoisotopic (exact) mass is 111 g/mol. The van der Waals surface area contributed by atoms with E-state index in [4.69, 9.17) is 15.3 Å². The van der Waals surface area contributed by atoms with Crippen molar-refractivity contribution < 1.29 is 72.3 Å². The van der Waals surface area contributed by atoms with Crippen LogP contribution in [0.25, 0.3) is 0 Å². The smallest absolute Gasteiger partial charge is 1.00 e. The Bertz CT molecular complexity index is 38.3. The Morgan fingerprint density at radius 1 is 1.67 bits per heavy atom. The summed E-state index contributed by atoms with van der Waals surface area (Å²) in [6.07, 6.45) is 0. The molecule has 0 aliphatic heterocycles. The van der Waals surface area contributed by atoms with Crippen LogP contribution in [0.5, 0.6) is 0 Å². The molecule has 4 nitrogen and oxygen atoms in total. The van der Waals surface area contributed by atoms with E-state index in [2.05, 4.69) is 0 Å². The molecule has 0 aromatic rings. The second kappa shape index (κ2) is 9.50. The first kappa shape index (κ1) is 15.7. The Kier molecular flexibility index (Phi) is 24.9. The first-order valence-electron chi connectivity index (χ1n) is 0.565. The van der Waals surface area contributed by atoms with Gasteiger partial charge in [-0.25, -0.2) is 0 Å². The van der Waals surface area contributed by atoms with Crippen LogP contribution in [0.1, 0.15) is 2.85 Å². The first-order valence-corrected chi connectivity index (χ1v) is 0.565. The average Bonchev–Trinajstić information content (AvgIpc) is 0.811. The molecule has 0 aliphatic rings. The molecule has 0 atom stereocenters. The Morgan fingerprint density at radius 2 is 1.67 bits per heavy atom. The van der Waals surface area contributed by atoms with Crippen molar-refractivity contribution in [1.82, 2.24) is 0 Å². The summed E-state index contributed by atoms with van der Waals surface area (Å²) in [5, 5.41) is 13.6. The number of hydrogen-bond donors (Lipinski definition) is 1. The standard InChI is InChI=1S/HNO3.2Na.2H/c2-1(3)4;;;;/h(H,2,3,4);;;;/q;2*+1;2*-1. The van der Waals surface area contributed by atoms with Crippen molar-refractivity contribution in [2.24, 2.45) is 0 Å². The van der Waals surface area contributed by atoms with Crippen LogP contribution in [0.15, 0.2) is 0 Å². The van der Waals surface area contributed by atoms with Crippen molar-refractivity contribution in [3.05, 3.63) is 10.1 Å². The molecule has 0 radical (unpaired) electrons. The van der Waals surface area contributed by atoms with Crippen LogP contribution in [-0.4, -0.2) is 10.3 Å². The maximum atomic E-state index is 8.36. The van der Waals surface area contributed by atoms with Gasteiger partial charge in [0.2, 0.25) is 0 Å². The molecular formula is H3NNa2O3. The normalized spacial score (nSPS) is 4.00. The number of rotatable bonds is 0. The zero-order valence-corrected chi connectivity index (χ0v) is 7.71. The quantitative estimate of drug-likeness (QED) is 0.192. The van der Waals surface area contributed by atoms with Gasteiger partial charge in [0.1, 0.15) is 0 Å². The van der Waals surface area contributed by atoms with Crippen LogP contribution in [0.3, 0.4) is 0 Å². The molecule has 0 heterocycles. The van der Waals surface area contributed by atoms with E-state index < -0.39 is 5.09 Å². The zero-order valence-electron chi connectivity index (χ0n) is 5.71. The molecule has 0 bridgehead atoms. The van der Waals surface area contributed by atoms with E-state index in [1.165, 1.54) is 0 Å². The minimum absolute atomic E-state index is 0. The molecule has 0 fully saturated rings. The molecule has 0 aromatic carbocycles. The SMILES string of the molecule is O=[N+]([O-])O.[H-].[H-].[Na+].[Na+]. The Morgan fingerprint density at radius 3 is 1.67 bits per heavy atom. The summed E-state index contributed by atoms with van der Waals surface area (Å²) >= 11 is 0. The Balaban J connectivity index is -0.00000000750. The molecule has 0 aliphatic carbocycles. The van der Waals surface area contributed by atoms with Crippen LogP contribution in [-0.2, 0) is 0 Å². The fraction of sp³-hybridized carbons (Fsp3) is 0. The number of nitrogens with zero attached hydrogens (tertiary/aromatic N) is 1.